The Morgan fingerprint density at radius 3 is 2.39 bits per heavy atom. The van der Waals surface area contributed by atoms with Gasteiger partial charge in [-0.25, -0.2) is 0 Å². The van der Waals surface area contributed by atoms with Crippen LogP contribution in [0.25, 0.3) is 0 Å². The fraction of sp³-hybridized carbons (Fsp3) is 0.467. The molecule has 5 nitrogen and oxygen atoms in total. The van der Waals surface area contributed by atoms with Crippen molar-refractivity contribution in [2.45, 2.75) is 32.5 Å². The summed E-state index contributed by atoms with van der Waals surface area (Å²) in [4.78, 5) is 11.8. The molecule has 1 unspecified atom stereocenters. The Kier molecular flexibility index (Phi) is 7.72. The summed E-state index contributed by atoms with van der Waals surface area (Å²) >= 11 is 0. The second kappa shape index (κ2) is 8.50. The third-order valence-electron chi connectivity index (χ3n) is 2.62. The minimum Gasteiger partial charge on any atom is -0.381 e. The zero-order valence-corrected chi connectivity index (χ0v) is 13.3. The number of amides is 1. The first-order chi connectivity index (χ1) is 10.6. The number of carbonyl (C=O) groups is 1. The van der Waals surface area contributed by atoms with E-state index in [1.165, 1.54) is 20.1 Å². The monoisotopic (exact) mass is 332 g/mol. The van der Waals surface area contributed by atoms with Crippen LogP contribution in [-0.4, -0.2) is 30.3 Å². The van der Waals surface area contributed by atoms with Gasteiger partial charge in [-0.2, -0.15) is 18.4 Å². The van der Waals surface area contributed by atoms with Crippen LogP contribution >= 0.6 is 0 Å². The summed E-state index contributed by atoms with van der Waals surface area (Å²) in [6.45, 7) is 4.85. The molecular weight excluding hydrogens is 313 g/mol. The highest BCUT2D eigenvalue weighted by Crippen LogP contribution is 2.33. The van der Waals surface area contributed by atoms with Crippen molar-refractivity contribution in [2.24, 2.45) is 0 Å². The van der Waals surface area contributed by atoms with Crippen molar-refractivity contribution >= 4 is 11.6 Å². The first-order valence-corrected chi connectivity index (χ1v) is 6.76. The third kappa shape index (κ3) is 5.88. The lowest BCUT2D eigenvalue weighted by Gasteiger charge is -2.21. The maximum atomic E-state index is 12.8. The second-order valence-electron chi connectivity index (χ2n) is 4.53. The van der Waals surface area contributed by atoms with Crippen molar-refractivity contribution in [1.29, 1.82) is 5.26 Å². The number of halogens is 3. The van der Waals surface area contributed by atoms with Crippen molar-refractivity contribution in [3.05, 3.63) is 29.3 Å². The van der Waals surface area contributed by atoms with Crippen molar-refractivity contribution in [2.75, 3.05) is 19.0 Å². The first-order valence-electron chi connectivity index (χ1n) is 6.76. The number of carbonyl (C=O) groups excluding carboxylic acids is 1. The minimum atomic E-state index is -4.72. The molecule has 0 aliphatic heterocycles. The van der Waals surface area contributed by atoms with Crippen LogP contribution in [0, 0.1) is 11.3 Å². The van der Waals surface area contributed by atoms with Gasteiger partial charge in [-0.15, -0.1) is 0 Å². The van der Waals surface area contributed by atoms with Crippen molar-refractivity contribution < 1.29 is 27.8 Å². The molecular formula is C15H19F3N2O3. The largest absolute Gasteiger partial charge is 0.417 e. The van der Waals surface area contributed by atoms with E-state index < -0.39 is 28.8 Å². The van der Waals surface area contributed by atoms with Gasteiger partial charge in [0.25, 0.3) is 5.91 Å². The molecule has 128 valence electrons. The molecule has 0 radical (unpaired) electrons. The number of alkyl halides is 3. The van der Waals surface area contributed by atoms with Crippen molar-refractivity contribution in [1.82, 2.24) is 0 Å². The lowest BCUT2D eigenvalue weighted by Crippen LogP contribution is -2.43. The molecule has 23 heavy (non-hydrogen) atoms. The molecule has 1 aromatic rings. The summed E-state index contributed by atoms with van der Waals surface area (Å²) in [5, 5.41) is 20.6. The highest BCUT2D eigenvalue weighted by Gasteiger charge is 2.35. The smallest absolute Gasteiger partial charge is 0.381 e. The summed E-state index contributed by atoms with van der Waals surface area (Å²) in [6, 6.07) is 4.16. The number of benzene rings is 1. The molecule has 8 heteroatoms. The number of aliphatic hydroxyl groups is 1. The van der Waals surface area contributed by atoms with E-state index in [4.69, 9.17) is 5.26 Å². The molecule has 0 aliphatic carbocycles. The van der Waals surface area contributed by atoms with E-state index in [0.717, 1.165) is 12.1 Å². The van der Waals surface area contributed by atoms with E-state index in [0.29, 0.717) is 6.07 Å². The van der Waals surface area contributed by atoms with E-state index in [2.05, 4.69) is 10.1 Å². The van der Waals surface area contributed by atoms with E-state index >= 15 is 0 Å². The number of methoxy groups -OCH3 is 1. The molecule has 0 fully saturated rings. The van der Waals surface area contributed by atoms with Crippen LogP contribution in [0.3, 0.4) is 0 Å². The Morgan fingerprint density at radius 1 is 1.39 bits per heavy atom. The van der Waals surface area contributed by atoms with Gasteiger partial charge in [0.15, 0.2) is 5.60 Å². The number of nitrogens with zero attached hydrogens (tertiary/aromatic N) is 1. The fourth-order valence-corrected chi connectivity index (χ4v) is 1.57. The molecule has 2 N–H and O–H groups in total. The molecule has 1 atom stereocenters. The summed E-state index contributed by atoms with van der Waals surface area (Å²) in [7, 11) is 1.27. The Balaban J connectivity index is 0.00000232. The highest BCUT2D eigenvalue weighted by molar-refractivity contribution is 5.97. The van der Waals surface area contributed by atoms with Gasteiger partial charge in [0.05, 0.1) is 23.8 Å². The number of hydrogen-bond acceptors (Lipinski definition) is 4. The Labute approximate surface area is 132 Å². The second-order valence-corrected chi connectivity index (χ2v) is 4.53. The van der Waals surface area contributed by atoms with Crippen molar-refractivity contribution in [3.8, 4) is 6.07 Å². The maximum Gasteiger partial charge on any atom is 0.417 e. The van der Waals surface area contributed by atoms with Gasteiger partial charge in [-0.1, -0.05) is 13.8 Å². The molecule has 0 aliphatic rings. The Morgan fingerprint density at radius 2 is 1.96 bits per heavy atom. The van der Waals surface area contributed by atoms with Gasteiger partial charge >= 0.3 is 6.18 Å². The van der Waals surface area contributed by atoms with Gasteiger partial charge in [-0.05, 0) is 25.1 Å². The summed E-state index contributed by atoms with van der Waals surface area (Å²) in [5.41, 5.74) is -3.78. The normalized spacial score (nSPS) is 13.2. The number of nitrogens with one attached hydrogen (secondary N) is 1. The number of ether oxygens (including phenoxy) is 1. The average Bonchev–Trinajstić information content (AvgIpc) is 2.48. The fourth-order valence-electron chi connectivity index (χ4n) is 1.57. The van der Waals surface area contributed by atoms with E-state index in [1.807, 2.05) is 13.8 Å². The molecule has 0 saturated carbocycles. The molecule has 1 aromatic carbocycles. The van der Waals surface area contributed by atoms with Gasteiger partial charge in [0.2, 0.25) is 0 Å². The summed E-state index contributed by atoms with van der Waals surface area (Å²) < 4.78 is 43.0. The van der Waals surface area contributed by atoms with Crippen LogP contribution in [0.4, 0.5) is 18.9 Å². The minimum absolute atomic E-state index is 0.178. The molecule has 0 spiro atoms. The van der Waals surface area contributed by atoms with Gasteiger partial charge in [-0.3, -0.25) is 4.79 Å². The average molecular weight is 332 g/mol. The molecule has 0 bridgehead atoms. The topological polar surface area (TPSA) is 82.3 Å². The lowest BCUT2D eigenvalue weighted by molar-refractivity contribution is -0.138. The molecule has 0 aromatic heterocycles. The quantitative estimate of drug-likeness (QED) is 0.888. The third-order valence-corrected chi connectivity index (χ3v) is 2.62. The van der Waals surface area contributed by atoms with Gasteiger partial charge < -0.3 is 15.2 Å². The van der Waals surface area contributed by atoms with Crippen LogP contribution in [0.1, 0.15) is 31.9 Å². The first kappa shape index (κ1) is 20.9. The number of rotatable bonds is 4. The number of nitriles is 1. The molecule has 0 saturated heterocycles. The van der Waals surface area contributed by atoms with E-state index in [9.17, 15) is 23.1 Å². The lowest BCUT2D eigenvalue weighted by atomic mass is 10.1. The summed E-state index contributed by atoms with van der Waals surface area (Å²) in [5.74, 6) is -0.915. The van der Waals surface area contributed by atoms with Gasteiger partial charge in [0, 0.05) is 12.8 Å². The van der Waals surface area contributed by atoms with Crippen LogP contribution in [-0.2, 0) is 15.7 Å². The zero-order valence-electron chi connectivity index (χ0n) is 13.3. The standard InChI is InChI=1S/C13H13F3N2O3.C2H6/c1-12(20,7-21-2)11(19)18-9-4-3-8(6-17)10(5-9)13(14,15)16;1-2/h3-5,20H,7H2,1-2H3,(H,18,19);1-2H3. The van der Waals surface area contributed by atoms with E-state index in [1.54, 1.807) is 0 Å². The predicted octanol–water partition coefficient (Wildman–Crippen LogP) is 2.94. The van der Waals surface area contributed by atoms with Crippen LogP contribution in [0.5, 0.6) is 0 Å². The molecule has 1 rings (SSSR count). The Hall–Kier alpha value is -2.11. The highest BCUT2D eigenvalue weighted by atomic mass is 19.4. The van der Waals surface area contributed by atoms with Crippen molar-refractivity contribution in [3.63, 3.8) is 0 Å². The number of hydrogen-bond donors (Lipinski definition) is 2. The van der Waals surface area contributed by atoms with E-state index in [-0.39, 0.29) is 12.3 Å². The SMILES string of the molecule is CC.COCC(C)(O)C(=O)Nc1ccc(C#N)c(C(F)(F)F)c1. The zero-order chi connectivity index (χ0) is 18.3. The number of anilines is 1. The van der Waals surface area contributed by atoms with Crippen LogP contribution in [0.2, 0.25) is 0 Å². The van der Waals surface area contributed by atoms with Crippen LogP contribution < -0.4 is 5.32 Å². The Bertz CT molecular complexity index is 578. The van der Waals surface area contributed by atoms with Crippen LogP contribution in [0.15, 0.2) is 18.2 Å². The molecule has 1 amide bonds. The maximum absolute atomic E-state index is 12.8. The van der Waals surface area contributed by atoms with Gasteiger partial charge in [0.1, 0.15) is 0 Å². The predicted molar refractivity (Wildman–Crippen MR) is 78.6 cm³/mol. The molecule has 0 heterocycles. The summed E-state index contributed by atoms with van der Waals surface area (Å²) in [6.07, 6.45) is -4.72.